The van der Waals surface area contributed by atoms with Crippen molar-refractivity contribution >= 4 is 35.4 Å². The maximum Gasteiger partial charge on any atom is 0.410 e. The normalized spacial score (nSPS) is 18.9. The first-order chi connectivity index (χ1) is 19.7. The first-order valence-corrected chi connectivity index (χ1v) is 14.4. The summed E-state index contributed by atoms with van der Waals surface area (Å²) in [5.41, 5.74) is 2.14. The van der Waals surface area contributed by atoms with Crippen LogP contribution in [-0.2, 0) is 19.1 Å². The van der Waals surface area contributed by atoms with Gasteiger partial charge >= 0.3 is 12.2 Å². The first-order valence-electron chi connectivity index (χ1n) is 14.4. The second-order valence-corrected chi connectivity index (χ2v) is 13.0. The lowest BCUT2D eigenvalue weighted by Crippen LogP contribution is -2.36. The van der Waals surface area contributed by atoms with E-state index in [4.69, 9.17) is 9.47 Å². The lowest BCUT2D eigenvalue weighted by Gasteiger charge is -2.24. The Bertz CT molecular complexity index is 1190. The van der Waals surface area contributed by atoms with Crippen LogP contribution < -0.4 is 10.6 Å². The van der Waals surface area contributed by atoms with Gasteiger partial charge in [-0.2, -0.15) is 0 Å². The van der Waals surface area contributed by atoms with Gasteiger partial charge in [-0.1, -0.05) is 24.3 Å². The highest BCUT2D eigenvalue weighted by Crippen LogP contribution is 2.26. The number of anilines is 2. The van der Waals surface area contributed by atoms with Crippen LogP contribution >= 0.6 is 0 Å². The predicted octanol–water partition coefficient (Wildman–Crippen LogP) is 5.74. The van der Waals surface area contributed by atoms with E-state index in [0.717, 1.165) is 11.1 Å². The molecule has 0 radical (unpaired) electrons. The average Bonchev–Trinajstić information content (AvgIpc) is 3.59. The van der Waals surface area contributed by atoms with E-state index in [1.54, 1.807) is 9.80 Å². The zero-order valence-corrected chi connectivity index (χ0v) is 25.4. The number of amides is 4. The minimum atomic E-state index is -0.573. The molecule has 0 aromatic heterocycles. The van der Waals surface area contributed by atoms with Crippen molar-refractivity contribution < 1.29 is 28.7 Å². The molecule has 2 aromatic rings. The molecule has 2 N–H and O–H groups in total. The number of carbonyl (C=O) groups excluding carboxylic acids is 4. The zero-order chi connectivity index (χ0) is 30.7. The van der Waals surface area contributed by atoms with Crippen LogP contribution in [0.15, 0.2) is 48.5 Å². The molecule has 42 heavy (non-hydrogen) atoms. The number of hydrogen-bond acceptors (Lipinski definition) is 6. The minimum Gasteiger partial charge on any atom is -0.444 e. The summed E-state index contributed by atoms with van der Waals surface area (Å²) in [6.45, 7) is 12.6. The Morgan fingerprint density at radius 2 is 0.952 bits per heavy atom. The lowest BCUT2D eigenvalue weighted by molar-refractivity contribution is -0.120. The molecular formula is C32H42N4O6. The van der Waals surface area contributed by atoms with Crippen LogP contribution in [0.3, 0.4) is 0 Å². The van der Waals surface area contributed by atoms with Crippen molar-refractivity contribution in [3.05, 3.63) is 48.5 Å². The highest BCUT2D eigenvalue weighted by molar-refractivity contribution is 5.94. The lowest BCUT2D eigenvalue weighted by atomic mass is 10.0. The van der Waals surface area contributed by atoms with Crippen LogP contribution in [0.1, 0.15) is 54.4 Å². The highest BCUT2D eigenvalue weighted by atomic mass is 16.6. The Morgan fingerprint density at radius 1 is 0.619 bits per heavy atom. The number of carbonyl (C=O) groups is 4. The van der Waals surface area contributed by atoms with Gasteiger partial charge in [0.15, 0.2) is 0 Å². The minimum absolute atomic E-state index is 0.120. The van der Waals surface area contributed by atoms with Crippen molar-refractivity contribution in [1.29, 1.82) is 0 Å². The summed E-state index contributed by atoms with van der Waals surface area (Å²) in [5, 5.41) is 5.90. The Labute approximate surface area is 247 Å². The Hall–Kier alpha value is -4.08. The highest BCUT2D eigenvalue weighted by Gasteiger charge is 2.34. The maximum atomic E-state index is 12.8. The van der Waals surface area contributed by atoms with E-state index in [0.29, 0.717) is 50.4 Å². The quantitative estimate of drug-likeness (QED) is 0.467. The molecule has 4 rings (SSSR count). The van der Waals surface area contributed by atoms with Gasteiger partial charge < -0.3 is 29.9 Å². The van der Waals surface area contributed by atoms with Gasteiger partial charge in [0, 0.05) is 37.6 Å². The van der Waals surface area contributed by atoms with Crippen LogP contribution in [0.5, 0.6) is 0 Å². The van der Waals surface area contributed by atoms with Crippen molar-refractivity contribution in [2.24, 2.45) is 11.8 Å². The van der Waals surface area contributed by atoms with Crippen molar-refractivity contribution in [3.8, 4) is 11.1 Å². The fourth-order valence-electron chi connectivity index (χ4n) is 4.91. The molecule has 2 aromatic carbocycles. The van der Waals surface area contributed by atoms with Crippen LogP contribution in [0.4, 0.5) is 21.0 Å². The second-order valence-electron chi connectivity index (χ2n) is 13.0. The monoisotopic (exact) mass is 578 g/mol. The summed E-state index contributed by atoms with van der Waals surface area (Å²) in [4.78, 5) is 53.4. The molecule has 0 bridgehead atoms. The molecule has 2 heterocycles. The SMILES string of the molecule is CC(C)(C)OC(=O)N1CCC(C(=O)Nc2ccc(-c3ccc(NC(=O)C4CCN(C(=O)OC(C)(C)C)C4)cc3)cc2)C1. The zero-order valence-electron chi connectivity index (χ0n) is 25.4. The van der Waals surface area contributed by atoms with Gasteiger partial charge in [-0.15, -0.1) is 0 Å². The van der Waals surface area contributed by atoms with Crippen LogP contribution in [0.2, 0.25) is 0 Å². The van der Waals surface area contributed by atoms with Gasteiger partial charge in [0.05, 0.1) is 11.8 Å². The Kier molecular flexibility index (Phi) is 9.13. The molecule has 2 unspecified atom stereocenters. The smallest absolute Gasteiger partial charge is 0.410 e. The fourth-order valence-corrected chi connectivity index (χ4v) is 4.91. The maximum absolute atomic E-state index is 12.8. The van der Waals surface area contributed by atoms with Gasteiger partial charge in [0.2, 0.25) is 11.8 Å². The topological polar surface area (TPSA) is 117 Å². The molecule has 0 spiro atoms. The van der Waals surface area contributed by atoms with Gasteiger partial charge in [0.25, 0.3) is 0 Å². The van der Waals surface area contributed by atoms with Crippen molar-refractivity contribution in [2.75, 3.05) is 36.8 Å². The van der Waals surface area contributed by atoms with Gasteiger partial charge in [-0.3, -0.25) is 9.59 Å². The van der Waals surface area contributed by atoms with Crippen molar-refractivity contribution in [3.63, 3.8) is 0 Å². The average molecular weight is 579 g/mol. The molecule has 2 aliphatic rings. The standard InChI is InChI=1S/C32H42N4O6/c1-31(2,3)41-29(39)35-17-15-23(19-35)27(37)33-25-11-7-21(8-12-25)22-9-13-26(14-10-22)34-28(38)24-16-18-36(20-24)30(40)42-32(4,5)6/h7-14,23-24H,15-20H2,1-6H3,(H,33,37)(H,34,38). The molecule has 10 nitrogen and oxygen atoms in total. The first kappa shape index (κ1) is 30.9. The summed E-state index contributed by atoms with van der Waals surface area (Å²) in [6, 6.07) is 15.1. The number of ether oxygens (including phenoxy) is 2. The van der Waals surface area contributed by atoms with Crippen molar-refractivity contribution in [1.82, 2.24) is 9.80 Å². The second kappa shape index (κ2) is 12.4. The third kappa shape index (κ3) is 8.47. The third-order valence-corrected chi connectivity index (χ3v) is 7.06. The Morgan fingerprint density at radius 3 is 1.26 bits per heavy atom. The molecule has 2 fully saturated rings. The predicted molar refractivity (Wildman–Crippen MR) is 161 cm³/mol. The van der Waals surface area contributed by atoms with E-state index >= 15 is 0 Å². The van der Waals surface area contributed by atoms with E-state index in [2.05, 4.69) is 10.6 Å². The summed E-state index contributed by atoms with van der Waals surface area (Å²) in [6.07, 6.45) is 0.399. The fraction of sp³-hybridized carbons (Fsp3) is 0.500. The number of nitrogens with zero attached hydrogens (tertiary/aromatic N) is 2. The summed E-state index contributed by atoms with van der Waals surface area (Å²) in [7, 11) is 0. The summed E-state index contributed by atoms with van der Waals surface area (Å²) >= 11 is 0. The number of likely N-dealkylation sites (tertiary alicyclic amines) is 2. The van der Waals surface area contributed by atoms with Crippen molar-refractivity contribution in [2.45, 2.75) is 65.6 Å². The molecule has 4 amide bonds. The molecule has 0 saturated carbocycles. The van der Waals surface area contributed by atoms with Crippen LogP contribution in [0.25, 0.3) is 11.1 Å². The van der Waals surface area contributed by atoms with E-state index in [1.165, 1.54) is 0 Å². The van der Waals surface area contributed by atoms with E-state index in [9.17, 15) is 19.2 Å². The summed E-state index contributed by atoms with van der Waals surface area (Å²) < 4.78 is 10.8. The Balaban J connectivity index is 1.26. The third-order valence-electron chi connectivity index (χ3n) is 7.06. The van der Waals surface area contributed by atoms with Crippen LogP contribution in [-0.4, -0.2) is 71.2 Å². The molecule has 2 aliphatic heterocycles. The van der Waals surface area contributed by atoms with Crippen LogP contribution in [0, 0.1) is 11.8 Å². The van der Waals surface area contributed by atoms with Gasteiger partial charge in [-0.05, 0) is 89.8 Å². The molecule has 226 valence electrons. The van der Waals surface area contributed by atoms with Gasteiger partial charge in [-0.25, -0.2) is 9.59 Å². The van der Waals surface area contributed by atoms with E-state index in [1.807, 2.05) is 90.1 Å². The number of hydrogen-bond donors (Lipinski definition) is 2. The van der Waals surface area contributed by atoms with E-state index in [-0.39, 0.29) is 23.7 Å². The summed E-state index contributed by atoms with van der Waals surface area (Å²) in [5.74, 6) is -0.815. The molecule has 10 heteroatoms. The number of nitrogens with one attached hydrogen (secondary N) is 2. The van der Waals surface area contributed by atoms with E-state index < -0.39 is 23.4 Å². The van der Waals surface area contributed by atoms with Gasteiger partial charge in [0.1, 0.15) is 11.2 Å². The molecule has 2 atom stereocenters. The number of rotatable bonds is 5. The molecular weight excluding hydrogens is 536 g/mol. The molecule has 0 aliphatic carbocycles. The largest absolute Gasteiger partial charge is 0.444 e. The molecule has 2 saturated heterocycles. The number of benzene rings is 2.